The summed E-state index contributed by atoms with van der Waals surface area (Å²) in [5.41, 5.74) is 2.20. The van der Waals surface area contributed by atoms with Crippen molar-refractivity contribution in [3.8, 4) is 11.8 Å². The van der Waals surface area contributed by atoms with E-state index in [2.05, 4.69) is 5.32 Å². The Morgan fingerprint density at radius 2 is 1.82 bits per heavy atom. The number of nitrogens with zero attached hydrogens (tertiary/aromatic N) is 1. The van der Waals surface area contributed by atoms with E-state index in [9.17, 15) is 14.9 Å². The molecule has 0 heterocycles. The zero-order chi connectivity index (χ0) is 23.6. The van der Waals surface area contributed by atoms with Crippen LogP contribution in [0, 0.1) is 11.3 Å². The Hall–Kier alpha value is -4.08. The summed E-state index contributed by atoms with van der Waals surface area (Å²) in [6.45, 7) is 2.28. The second kappa shape index (κ2) is 11.5. The maximum atomic E-state index is 12.6. The third-order valence-corrected chi connectivity index (χ3v) is 4.76. The van der Waals surface area contributed by atoms with Crippen molar-refractivity contribution in [1.82, 2.24) is 0 Å². The lowest BCUT2D eigenvalue weighted by atomic mass is 10.1. The molecule has 0 spiro atoms. The number of halogens is 1. The Kier molecular flexibility index (Phi) is 8.23. The first-order valence-corrected chi connectivity index (χ1v) is 10.5. The van der Waals surface area contributed by atoms with Crippen LogP contribution in [0.3, 0.4) is 0 Å². The fourth-order valence-corrected chi connectivity index (χ4v) is 3.14. The van der Waals surface area contributed by atoms with E-state index >= 15 is 0 Å². The predicted molar refractivity (Wildman–Crippen MR) is 127 cm³/mol. The summed E-state index contributed by atoms with van der Waals surface area (Å²) in [7, 11) is 0. The molecule has 166 valence electrons. The van der Waals surface area contributed by atoms with Gasteiger partial charge in [0.15, 0.2) is 0 Å². The van der Waals surface area contributed by atoms with Gasteiger partial charge < -0.3 is 14.8 Å². The van der Waals surface area contributed by atoms with Gasteiger partial charge in [-0.2, -0.15) is 5.26 Å². The number of anilines is 1. The van der Waals surface area contributed by atoms with Crippen LogP contribution in [-0.4, -0.2) is 18.5 Å². The van der Waals surface area contributed by atoms with E-state index in [0.29, 0.717) is 27.6 Å². The van der Waals surface area contributed by atoms with Crippen LogP contribution in [0.4, 0.5) is 5.69 Å². The van der Waals surface area contributed by atoms with Crippen molar-refractivity contribution in [2.24, 2.45) is 0 Å². The lowest BCUT2D eigenvalue weighted by molar-refractivity contribution is -0.112. The van der Waals surface area contributed by atoms with Crippen molar-refractivity contribution in [3.05, 3.63) is 100 Å². The second-order valence-electron chi connectivity index (χ2n) is 6.88. The molecular weight excluding hydrogens is 440 g/mol. The van der Waals surface area contributed by atoms with Crippen LogP contribution < -0.4 is 10.1 Å². The molecule has 0 aliphatic carbocycles. The molecule has 7 heteroatoms. The molecule has 6 nitrogen and oxygen atoms in total. The Morgan fingerprint density at radius 3 is 2.52 bits per heavy atom. The number of rotatable bonds is 8. The van der Waals surface area contributed by atoms with Gasteiger partial charge in [0.05, 0.1) is 12.2 Å². The first-order valence-electron chi connectivity index (χ1n) is 10.2. The van der Waals surface area contributed by atoms with Crippen LogP contribution in [-0.2, 0) is 16.1 Å². The third-order valence-electron chi connectivity index (χ3n) is 4.52. The van der Waals surface area contributed by atoms with E-state index in [1.807, 2.05) is 24.3 Å². The monoisotopic (exact) mass is 460 g/mol. The van der Waals surface area contributed by atoms with Crippen molar-refractivity contribution in [3.63, 3.8) is 0 Å². The molecule has 0 atom stereocenters. The lowest BCUT2D eigenvalue weighted by Crippen LogP contribution is -2.13. The number of amides is 1. The first-order chi connectivity index (χ1) is 16.0. The summed E-state index contributed by atoms with van der Waals surface area (Å²) in [6, 6.07) is 22.6. The molecule has 0 saturated carbocycles. The summed E-state index contributed by atoms with van der Waals surface area (Å²) in [5.74, 6) is -0.495. The number of nitriles is 1. The molecule has 3 aromatic carbocycles. The van der Waals surface area contributed by atoms with Gasteiger partial charge in [-0.15, -0.1) is 0 Å². The molecule has 0 bridgehead atoms. The van der Waals surface area contributed by atoms with E-state index in [0.717, 1.165) is 5.56 Å². The van der Waals surface area contributed by atoms with Gasteiger partial charge in [0, 0.05) is 16.3 Å². The van der Waals surface area contributed by atoms with Crippen molar-refractivity contribution >= 4 is 35.2 Å². The highest BCUT2D eigenvalue weighted by Gasteiger charge is 2.12. The number of para-hydroxylation sites is 1. The number of hydrogen-bond donors (Lipinski definition) is 1. The highest BCUT2D eigenvalue weighted by atomic mass is 35.5. The van der Waals surface area contributed by atoms with E-state index in [1.54, 1.807) is 61.5 Å². The SMILES string of the molecule is CCOC(=O)c1ccc(NC(=O)/C(C#N)=C/c2ccccc2OCc2cccc(Cl)c2)cc1. The van der Waals surface area contributed by atoms with Crippen LogP contribution in [0.15, 0.2) is 78.4 Å². The van der Waals surface area contributed by atoms with Crippen molar-refractivity contribution in [1.29, 1.82) is 5.26 Å². The molecule has 0 aliphatic rings. The lowest BCUT2D eigenvalue weighted by Gasteiger charge is -2.10. The van der Waals surface area contributed by atoms with Gasteiger partial charge in [0.1, 0.15) is 24.0 Å². The maximum Gasteiger partial charge on any atom is 0.338 e. The third kappa shape index (κ3) is 6.70. The summed E-state index contributed by atoms with van der Waals surface area (Å²) >= 11 is 6.02. The zero-order valence-corrected chi connectivity index (χ0v) is 18.6. The van der Waals surface area contributed by atoms with E-state index in [4.69, 9.17) is 21.1 Å². The van der Waals surface area contributed by atoms with Gasteiger partial charge in [-0.05, 0) is 61.0 Å². The Bertz CT molecular complexity index is 1210. The molecule has 0 radical (unpaired) electrons. The fraction of sp³-hybridized carbons (Fsp3) is 0.115. The van der Waals surface area contributed by atoms with Gasteiger partial charge in [-0.3, -0.25) is 4.79 Å². The molecule has 1 N–H and O–H groups in total. The average molecular weight is 461 g/mol. The van der Waals surface area contributed by atoms with E-state index in [1.165, 1.54) is 6.08 Å². The molecule has 0 aliphatic heterocycles. The number of esters is 1. The van der Waals surface area contributed by atoms with Crippen molar-refractivity contribution in [2.45, 2.75) is 13.5 Å². The quantitative estimate of drug-likeness (QED) is 0.267. The minimum absolute atomic E-state index is 0.0942. The molecule has 0 unspecified atom stereocenters. The van der Waals surface area contributed by atoms with Crippen LogP contribution in [0.25, 0.3) is 6.08 Å². The molecule has 33 heavy (non-hydrogen) atoms. The summed E-state index contributed by atoms with van der Waals surface area (Å²) in [5, 5.41) is 12.8. The van der Waals surface area contributed by atoms with E-state index in [-0.39, 0.29) is 18.8 Å². The number of carbonyl (C=O) groups excluding carboxylic acids is 2. The molecule has 0 fully saturated rings. The van der Waals surface area contributed by atoms with Crippen LogP contribution >= 0.6 is 11.6 Å². The standard InChI is InChI=1S/C26H21ClN2O4/c1-2-32-26(31)19-10-12-23(13-11-19)29-25(30)21(16-28)15-20-7-3-4-9-24(20)33-17-18-6-5-8-22(27)14-18/h3-15H,2,17H2,1H3,(H,29,30)/b21-15+. The number of nitrogens with one attached hydrogen (secondary N) is 1. The zero-order valence-electron chi connectivity index (χ0n) is 17.9. The number of carbonyl (C=O) groups is 2. The molecular formula is C26H21ClN2O4. The van der Waals surface area contributed by atoms with Crippen LogP contribution in [0.5, 0.6) is 5.75 Å². The maximum absolute atomic E-state index is 12.6. The second-order valence-corrected chi connectivity index (χ2v) is 7.31. The van der Waals surface area contributed by atoms with E-state index < -0.39 is 11.9 Å². The van der Waals surface area contributed by atoms with Crippen LogP contribution in [0.1, 0.15) is 28.4 Å². The van der Waals surface area contributed by atoms with Gasteiger partial charge in [-0.25, -0.2) is 4.79 Å². The summed E-state index contributed by atoms with van der Waals surface area (Å²) < 4.78 is 10.8. The number of benzene rings is 3. The highest BCUT2D eigenvalue weighted by Crippen LogP contribution is 2.23. The number of ether oxygens (including phenoxy) is 2. The highest BCUT2D eigenvalue weighted by molar-refractivity contribution is 6.30. The summed E-state index contributed by atoms with van der Waals surface area (Å²) in [4.78, 5) is 24.4. The molecule has 1 amide bonds. The molecule has 0 saturated heterocycles. The van der Waals surface area contributed by atoms with Crippen molar-refractivity contribution < 1.29 is 19.1 Å². The largest absolute Gasteiger partial charge is 0.488 e. The Morgan fingerprint density at radius 1 is 1.06 bits per heavy atom. The minimum Gasteiger partial charge on any atom is -0.488 e. The first kappa shape index (κ1) is 23.6. The molecule has 3 aromatic rings. The summed E-state index contributed by atoms with van der Waals surface area (Å²) in [6.07, 6.45) is 1.47. The number of hydrogen-bond acceptors (Lipinski definition) is 5. The molecule has 3 rings (SSSR count). The Balaban J connectivity index is 1.73. The normalized spacial score (nSPS) is 10.8. The topological polar surface area (TPSA) is 88.4 Å². The fourth-order valence-electron chi connectivity index (χ4n) is 2.93. The van der Waals surface area contributed by atoms with Gasteiger partial charge in [0.25, 0.3) is 5.91 Å². The minimum atomic E-state index is -0.578. The Labute approximate surface area is 197 Å². The molecule has 0 aromatic heterocycles. The average Bonchev–Trinajstić information content (AvgIpc) is 2.82. The van der Waals surface area contributed by atoms with Crippen molar-refractivity contribution in [2.75, 3.05) is 11.9 Å². The van der Waals surface area contributed by atoms with Gasteiger partial charge in [-0.1, -0.05) is 41.9 Å². The van der Waals surface area contributed by atoms with Crippen LogP contribution in [0.2, 0.25) is 5.02 Å². The van der Waals surface area contributed by atoms with Gasteiger partial charge in [0.2, 0.25) is 0 Å². The smallest absolute Gasteiger partial charge is 0.338 e. The van der Waals surface area contributed by atoms with Gasteiger partial charge >= 0.3 is 5.97 Å². The predicted octanol–water partition coefficient (Wildman–Crippen LogP) is 5.64.